The molecule has 110 valence electrons. The van der Waals surface area contributed by atoms with Crippen LogP contribution in [0.5, 0.6) is 0 Å². The zero-order chi connectivity index (χ0) is 14.4. The minimum absolute atomic E-state index is 0.483. The first-order chi connectivity index (χ1) is 9.69. The van der Waals surface area contributed by atoms with Crippen LogP contribution < -0.4 is 10.6 Å². The quantitative estimate of drug-likeness (QED) is 0.617. The molecule has 1 aromatic carbocycles. The van der Waals surface area contributed by atoms with Crippen molar-refractivity contribution >= 4 is 5.96 Å². The first-order valence-electron chi connectivity index (χ1n) is 7.70. The molecule has 1 fully saturated rings. The van der Waals surface area contributed by atoms with E-state index in [1.807, 2.05) is 7.05 Å². The summed E-state index contributed by atoms with van der Waals surface area (Å²) in [6, 6.07) is 8.73. The van der Waals surface area contributed by atoms with Gasteiger partial charge in [-0.05, 0) is 30.7 Å². The van der Waals surface area contributed by atoms with E-state index < -0.39 is 0 Å². The molecule has 0 saturated heterocycles. The Balaban J connectivity index is 1.74. The van der Waals surface area contributed by atoms with E-state index in [4.69, 9.17) is 0 Å². The lowest BCUT2D eigenvalue weighted by atomic mass is 9.99. The predicted octanol–water partition coefficient (Wildman–Crippen LogP) is 3.06. The molecule has 1 unspecified atom stereocenters. The van der Waals surface area contributed by atoms with Crippen molar-refractivity contribution in [3.05, 3.63) is 35.4 Å². The van der Waals surface area contributed by atoms with Gasteiger partial charge in [-0.2, -0.15) is 0 Å². The Morgan fingerprint density at radius 2 is 2.15 bits per heavy atom. The summed E-state index contributed by atoms with van der Waals surface area (Å²) in [5.74, 6) is 2.37. The zero-order valence-corrected chi connectivity index (χ0v) is 12.9. The lowest BCUT2D eigenvalue weighted by Gasteiger charge is -2.16. The Bertz CT molecular complexity index is 449. The molecule has 0 amide bonds. The number of hydrogen-bond acceptors (Lipinski definition) is 1. The van der Waals surface area contributed by atoms with Crippen molar-refractivity contribution < 1.29 is 0 Å². The van der Waals surface area contributed by atoms with Crippen molar-refractivity contribution in [3.8, 4) is 0 Å². The van der Waals surface area contributed by atoms with Crippen LogP contribution in [0.4, 0.5) is 0 Å². The highest BCUT2D eigenvalue weighted by molar-refractivity contribution is 5.79. The van der Waals surface area contributed by atoms with Gasteiger partial charge in [0.2, 0.25) is 0 Å². The van der Waals surface area contributed by atoms with Crippen LogP contribution in [-0.4, -0.2) is 26.1 Å². The summed E-state index contributed by atoms with van der Waals surface area (Å²) >= 11 is 0. The monoisotopic (exact) mass is 273 g/mol. The van der Waals surface area contributed by atoms with Crippen LogP contribution in [0.3, 0.4) is 0 Å². The average Bonchev–Trinajstić information content (AvgIpc) is 3.26. The van der Waals surface area contributed by atoms with Crippen molar-refractivity contribution in [2.24, 2.45) is 10.9 Å². The van der Waals surface area contributed by atoms with Crippen molar-refractivity contribution in [1.29, 1.82) is 0 Å². The van der Waals surface area contributed by atoms with Crippen LogP contribution >= 0.6 is 0 Å². The Labute approximate surface area is 122 Å². The second-order valence-corrected chi connectivity index (χ2v) is 5.93. The summed E-state index contributed by atoms with van der Waals surface area (Å²) in [7, 11) is 1.84. The number of aliphatic imine (C=N–C) groups is 1. The van der Waals surface area contributed by atoms with Crippen LogP contribution in [0, 0.1) is 12.8 Å². The van der Waals surface area contributed by atoms with Gasteiger partial charge in [0.1, 0.15) is 0 Å². The first-order valence-corrected chi connectivity index (χ1v) is 7.70. The van der Waals surface area contributed by atoms with E-state index in [0.29, 0.717) is 5.92 Å². The number of nitrogens with zero attached hydrogens (tertiary/aromatic N) is 1. The molecule has 1 atom stereocenters. The van der Waals surface area contributed by atoms with Crippen LogP contribution in [0.15, 0.2) is 29.3 Å². The maximum Gasteiger partial charge on any atom is 0.190 e. The van der Waals surface area contributed by atoms with Gasteiger partial charge in [-0.25, -0.2) is 0 Å². The van der Waals surface area contributed by atoms with Crippen molar-refractivity contribution in [2.45, 2.75) is 39.0 Å². The molecule has 0 spiro atoms. The molecule has 1 aliphatic rings. The highest BCUT2D eigenvalue weighted by Crippen LogP contribution is 2.31. The molecule has 0 radical (unpaired) electrons. The molecule has 0 aromatic heterocycles. The fourth-order valence-corrected chi connectivity index (χ4v) is 2.37. The van der Waals surface area contributed by atoms with Crippen LogP contribution in [0.25, 0.3) is 0 Å². The van der Waals surface area contributed by atoms with E-state index in [2.05, 4.69) is 53.7 Å². The smallest absolute Gasteiger partial charge is 0.190 e. The maximum absolute atomic E-state index is 4.28. The third kappa shape index (κ3) is 4.87. The van der Waals surface area contributed by atoms with Gasteiger partial charge in [0.15, 0.2) is 5.96 Å². The van der Waals surface area contributed by atoms with Crippen molar-refractivity contribution in [3.63, 3.8) is 0 Å². The SMILES string of the molecule is CN=C(NCCC1CC1)NCC(C)c1cccc(C)c1. The van der Waals surface area contributed by atoms with Crippen molar-refractivity contribution in [2.75, 3.05) is 20.1 Å². The fourth-order valence-electron chi connectivity index (χ4n) is 2.37. The molecule has 20 heavy (non-hydrogen) atoms. The van der Waals surface area contributed by atoms with Crippen LogP contribution in [0.1, 0.15) is 43.2 Å². The second-order valence-electron chi connectivity index (χ2n) is 5.93. The van der Waals surface area contributed by atoms with E-state index in [9.17, 15) is 0 Å². The molecular formula is C17H27N3. The van der Waals surface area contributed by atoms with Gasteiger partial charge in [-0.3, -0.25) is 4.99 Å². The lowest BCUT2D eigenvalue weighted by molar-refractivity contribution is 0.665. The molecule has 0 bridgehead atoms. The molecule has 3 nitrogen and oxygen atoms in total. The number of aryl methyl sites for hydroxylation is 1. The average molecular weight is 273 g/mol. The Kier molecular flexibility index (Phi) is 5.45. The van der Waals surface area contributed by atoms with Crippen molar-refractivity contribution in [1.82, 2.24) is 10.6 Å². The summed E-state index contributed by atoms with van der Waals surface area (Å²) in [5.41, 5.74) is 2.70. The normalized spacial score (nSPS) is 16.9. The molecule has 2 N–H and O–H groups in total. The van der Waals surface area contributed by atoms with Crippen LogP contribution in [0.2, 0.25) is 0 Å². The molecule has 0 aliphatic heterocycles. The topological polar surface area (TPSA) is 36.4 Å². The van der Waals surface area contributed by atoms with E-state index in [0.717, 1.165) is 25.0 Å². The van der Waals surface area contributed by atoms with Gasteiger partial charge in [-0.1, -0.05) is 49.6 Å². The third-order valence-corrected chi connectivity index (χ3v) is 3.95. The number of guanidine groups is 1. The number of hydrogen-bond donors (Lipinski definition) is 2. The number of nitrogens with one attached hydrogen (secondary N) is 2. The summed E-state index contributed by atoms with van der Waals surface area (Å²) in [5, 5.41) is 6.82. The van der Waals surface area contributed by atoms with Gasteiger partial charge >= 0.3 is 0 Å². The van der Waals surface area contributed by atoms with E-state index in [-0.39, 0.29) is 0 Å². The summed E-state index contributed by atoms with van der Waals surface area (Å²) < 4.78 is 0. The predicted molar refractivity (Wildman–Crippen MR) is 86.3 cm³/mol. The Hall–Kier alpha value is -1.51. The van der Waals surface area contributed by atoms with Crippen LogP contribution in [-0.2, 0) is 0 Å². The number of rotatable bonds is 6. The summed E-state index contributed by atoms with van der Waals surface area (Å²) in [6.45, 7) is 6.33. The van der Waals surface area contributed by atoms with E-state index in [1.165, 1.54) is 30.4 Å². The minimum Gasteiger partial charge on any atom is -0.356 e. The Morgan fingerprint density at radius 3 is 2.80 bits per heavy atom. The second kappa shape index (κ2) is 7.32. The lowest BCUT2D eigenvalue weighted by Crippen LogP contribution is -2.39. The first kappa shape index (κ1) is 14.9. The molecular weight excluding hydrogens is 246 g/mol. The minimum atomic E-state index is 0.483. The van der Waals surface area contributed by atoms with Gasteiger partial charge < -0.3 is 10.6 Å². The third-order valence-electron chi connectivity index (χ3n) is 3.95. The number of benzene rings is 1. The molecule has 1 aromatic rings. The highest BCUT2D eigenvalue weighted by Gasteiger charge is 2.20. The van der Waals surface area contributed by atoms with Gasteiger partial charge in [0, 0.05) is 20.1 Å². The molecule has 3 heteroatoms. The molecule has 0 heterocycles. The van der Waals surface area contributed by atoms with Gasteiger partial charge in [0.25, 0.3) is 0 Å². The molecule has 1 saturated carbocycles. The fraction of sp³-hybridized carbons (Fsp3) is 0.588. The standard InChI is InChI=1S/C17H27N3/c1-13-5-4-6-16(11-13)14(2)12-20-17(18-3)19-10-9-15-7-8-15/h4-6,11,14-15H,7-10,12H2,1-3H3,(H2,18,19,20). The van der Waals surface area contributed by atoms with E-state index in [1.54, 1.807) is 0 Å². The maximum atomic E-state index is 4.28. The van der Waals surface area contributed by atoms with Gasteiger partial charge in [-0.15, -0.1) is 0 Å². The Morgan fingerprint density at radius 1 is 1.35 bits per heavy atom. The van der Waals surface area contributed by atoms with Gasteiger partial charge in [0.05, 0.1) is 0 Å². The summed E-state index contributed by atoms with van der Waals surface area (Å²) in [6.07, 6.45) is 4.10. The zero-order valence-electron chi connectivity index (χ0n) is 12.9. The summed E-state index contributed by atoms with van der Waals surface area (Å²) in [4.78, 5) is 4.28. The van der Waals surface area contributed by atoms with E-state index >= 15 is 0 Å². The molecule has 2 rings (SSSR count). The highest BCUT2D eigenvalue weighted by atomic mass is 15.2. The molecule has 1 aliphatic carbocycles. The largest absolute Gasteiger partial charge is 0.356 e.